The molecule has 0 saturated heterocycles. The number of hydrogen-bond donors (Lipinski definition) is 1. The van der Waals surface area contributed by atoms with Crippen LogP contribution in [0.2, 0.25) is 0 Å². The van der Waals surface area contributed by atoms with Crippen molar-refractivity contribution in [3.63, 3.8) is 0 Å². The van der Waals surface area contributed by atoms with E-state index in [1.165, 1.54) is 19.3 Å². The van der Waals surface area contributed by atoms with Gasteiger partial charge < -0.3 is 10.5 Å². The summed E-state index contributed by atoms with van der Waals surface area (Å²) in [5.41, 5.74) is 7.38. The molecule has 3 heteroatoms. The lowest BCUT2D eigenvalue weighted by atomic mass is 9.74. The van der Waals surface area contributed by atoms with Gasteiger partial charge in [0.1, 0.15) is 11.4 Å². The van der Waals surface area contributed by atoms with Gasteiger partial charge in [0.05, 0.1) is 0 Å². The minimum atomic E-state index is -0.0780. The topological polar surface area (TPSA) is 35.2 Å². The molecule has 1 saturated carbocycles. The highest BCUT2D eigenvalue weighted by Gasteiger charge is 2.38. The summed E-state index contributed by atoms with van der Waals surface area (Å²) in [6.45, 7) is 2.22. The van der Waals surface area contributed by atoms with E-state index < -0.39 is 0 Å². The smallest absolute Gasteiger partial charge is 0.124 e. The van der Waals surface area contributed by atoms with Gasteiger partial charge in [0.2, 0.25) is 0 Å². The third-order valence-corrected chi connectivity index (χ3v) is 4.82. The summed E-state index contributed by atoms with van der Waals surface area (Å²) < 4.78 is 7.32. The average molecular weight is 310 g/mol. The Kier molecular flexibility index (Phi) is 3.15. The van der Waals surface area contributed by atoms with Crippen LogP contribution in [-0.2, 0) is 0 Å². The summed E-state index contributed by atoms with van der Waals surface area (Å²) in [4.78, 5) is 0. The maximum Gasteiger partial charge on any atom is 0.124 e. The van der Waals surface area contributed by atoms with E-state index in [1.807, 2.05) is 12.1 Å². The van der Waals surface area contributed by atoms with Gasteiger partial charge >= 0.3 is 0 Å². The van der Waals surface area contributed by atoms with Crippen LogP contribution in [0.15, 0.2) is 22.7 Å². The first-order chi connectivity index (χ1) is 8.56. The Morgan fingerprint density at radius 3 is 2.89 bits per heavy atom. The SMILES string of the molecule is CC1(CC2CCC2)C[C@@H](N)c2cc(Br)ccc2O1. The number of hydrogen-bond acceptors (Lipinski definition) is 2. The van der Waals surface area contributed by atoms with Crippen molar-refractivity contribution < 1.29 is 4.74 Å². The zero-order chi connectivity index (χ0) is 12.8. The molecular formula is C15H20BrNO. The Labute approximate surface area is 117 Å². The van der Waals surface area contributed by atoms with Crippen LogP contribution in [0.4, 0.5) is 0 Å². The van der Waals surface area contributed by atoms with Crippen LogP contribution in [0.25, 0.3) is 0 Å². The molecule has 3 rings (SSSR count). The lowest BCUT2D eigenvalue weighted by molar-refractivity contribution is 0.0171. The average Bonchev–Trinajstić information content (AvgIpc) is 2.25. The van der Waals surface area contributed by atoms with Crippen LogP contribution in [0.5, 0.6) is 5.75 Å². The maximum absolute atomic E-state index is 6.33. The van der Waals surface area contributed by atoms with Gasteiger partial charge in [-0.1, -0.05) is 35.2 Å². The number of ether oxygens (including phenoxy) is 1. The molecule has 1 aliphatic carbocycles. The minimum absolute atomic E-state index is 0.0780. The molecule has 0 aromatic heterocycles. The molecule has 1 fully saturated rings. The van der Waals surface area contributed by atoms with Gasteiger partial charge in [-0.05, 0) is 37.5 Å². The van der Waals surface area contributed by atoms with Crippen LogP contribution >= 0.6 is 15.9 Å². The van der Waals surface area contributed by atoms with E-state index in [-0.39, 0.29) is 11.6 Å². The van der Waals surface area contributed by atoms with E-state index >= 15 is 0 Å². The molecule has 1 unspecified atom stereocenters. The van der Waals surface area contributed by atoms with Gasteiger partial charge in [0, 0.05) is 22.5 Å². The third-order valence-electron chi connectivity index (χ3n) is 4.32. The van der Waals surface area contributed by atoms with Crippen molar-refractivity contribution in [3.05, 3.63) is 28.2 Å². The molecular weight excluding hydrogens is 290 g/mol. The number of rotatable bonds is 2. The molecule has 98 valence electrons. The van der Waals surface area contributed by atoms with Gasteiger partial charge in [-0.3, -0.25) is 0 Å². The largest absolute Gasteiger partial charge is 0.487 e. The number of nitrogens with two attached hydrogens (primary N) is 1. The van der Waals surface area contributed by atoms with E-state index in [9.17, 15) is 0 Å². The van der Waals surface area contributed by atoms with E-state index in [4.69, 9.17) is 10.5 Å². The van der Waals surface area contributed by atoms with E-state index in [0.717, 1.165) is 34.5 Å². The van der Waals surface area contributed by atoms with E-state index in [0.29, 0.717) is 0 Å². The highest BCUT2D eigenvalue weighted by molar-refractivity contribution is 9.10. The monoisotopic (exact) mass is 309 g/mol. The van der Waals surface area contributed by atoms with Gasteiger partial charge in [-0.2, -0.15) is 0 Å². The molecule has 2 nitrogen and oxygen atoms in total. The maximum atomic E-state index is 6.33. The molecule has 0 radical (unpaired) electrons. The summed E-state index contributed by atoms with van der Waals surface area (Å²) in [5, 5.41) is 0. The standard InChI is InChI=1S/C15H20BrNO/c1-15(8-10-3-2-4-10)9-13(17)12-7-11(16)5-6-14(12)18-15/h5-7,10,13H,2-4,8-9,17H2,1H3/t13-,15?/m1/s1. The van der Waals surface area contributed by atoms with Crippen LogP contribution in [0.1, 0.15) is 50.6 Å². The van der Waals surface area contributed by atoms with Gasteiger partial charge in [-0.15, -0.1) is 0 Å². The number of fused-ring (bicyclic) bond motifs is 1. The second-order valence-electron chi connectivity index (χ2n) is 6.05. The lowest BCUT2D eigenvalue weighted by Gasteiger charge is -2.42. The number of halogens is 1. The van der Waals surface area contributed by atoms with Crippen molar-refractivity contribution in [1.29, 1.82) is 0 Å². The van der Waals surface area contributed by atoms with Gasteiger partial charge in [0.25, 0.3) is 0 Å². The highest BCUT2D eigenvalue weighted by atomic mass is 79.9. The first kappa shape index (κ1) is 12.5. The van der Waals surface area contributed by atoms with Crippen molar-refractivity contribution in [2.45, 2.75) is 50.7 Å². The number of benzene rings is 1. The quantitative estimate of drug-likeness (QED) is 0.889. The zero-order valence-corrected chi connectivity index (χ0v) is 12.4. The Balaban J connectivity index is 1.83. The second-order valence-corrected chi connectivity index (χ2v) is 6.96. The molecule has 0 amide bonds. The van der Waals surface area contributed by atoms with Crippen molar-refractivity contribution in [2.24, 2.45) is 11.7 Å². The van der Waals surface area contributed by atoms with Gasteiger partial charge in [-0.25, -0.2) is 0 Å². The fourth-order valence-electron chi connectivity index (χ4n) is 3.22. The fraction of sp³-hybridized carbons (Fsp3) is 0.600. The molecule has 1 aromatic rings. The van der Waals surface area contributed by atoms with Crippen molar-refractivity contribution in [1.82, 2.24) is 0 Å². The van der Waals surface area contributed by atoms with Crippen molar-refractivity contribution in [3.8, 4) is 5.75 Å². The first-order valence-electron chi connectivity index (χ1n) is 6.80. The van der Waals surface area contributed by atoms with Crippen molar-refractivity contribution in [2.75, 3.05) is 0 Å². The Morgan fingerprint density at radius 1 is 1.44 bits per heavy atom. The summed E-state index contributed by atoms with van der Waals surface area (Å²) in [6, 6.07) is 6.25. The highest BCUT2D eigenvalue weighted by Crippen LogP contribution is 2.44. The normalized spacial score (nSPS) is 31.4. The fourth-order valence-corrected chi connectivity index (χ4v) is 3.60. The van der Waals surface area contributed by atoms with Crippen LogP contribution in [-0.4, -0.2) is 5.60 Å². The molecule has 1 heterocycles. The zero-order valence-electron chi connectivity index (χ0n) is 10.8. The molecule has 1 aromatic carbocycles. The summed E-state index contributed by atoms with van der Waals surface area (Å²) in [5.74, 6) is 1.82. The second kappa shape index (κ2) is 4.53. The summed E-state index contributed by atoms with van der Waals surface area (Å²) in [7, 11) is 0. The molecule has 2 aliphatic rings. The Bertz CT molecular complexity index is 458. The molecule has 2 N–H and O–H groups in total. The molecule has 0 spiro atoms. The Hall–Kier alpha value is -0.540. The molecule has 18 heavy (non-hydrogen) atoms. The lowest BCUT2D eigenvalue weighted by Crippen LogP contribution is -2.42. The van der Waals surface area contributed by atoms with Gasteiger partial charge in [0.15, 0.2) is 0 Å². The van der Waals surface area contributed by atoms with Crippen molar-refractivity contribution >= 4 is 15.9 Å². The summed E-state index contributed by atoms with van der Waals surface area (Å²) >= 11 is 3.50. The Morgan fingerprint density at radius 2 is 2.22 bits per heavy atom. The first-order valence-corrected chi connectivity index (χ1v) is 7.59. The van der Waals surface area contributed by atoms with E-state index in [2.05, 4.69) is 28.9 Å². The summed E-state index contributed by atoms with van der Waals surface area (Å²) in [6.07, 6.45) is 6.18. The minimum Gasteiger partial charge on any atom is -0.487 e. The third kappa shape index (κ3) is 2.30. The molecule has 1 aliphatic heterocycles. The predicted molar refractivity (Wildman–Crippen MR) is 76.7 cm³/mol. The van der Waals surface area contributed by atoms with Crippen LogP contribution < -0.4 is 10.5 Å². The molecule has 2 atom stereocenters. The van der Waals surface area contributed by atoms with E-state index in [1.54, 1.807) is 0 Å². The van der Waals surface area contributed by atoms with Crippen LogP contribution in [0, 0.1) is 5.92 Å². The molecule has 0 bridgehead atoms. The van der Waals surface area contributed by atoms with Crippen LogP contribution in [0.3, 0.4) is 0 Å². The predicted octanol–water partition coefficient (Wildman–Crippen LogP) is 4.18.